The highest BCUT2D eigenvalue weighted by atomic mass is 127. The third kappa shape index (κ3) is 6.81. The van der Waals surface area contributed by atoms with Crippen molar-refractivity contribution in [3.05, 3.63) is 34.5 Å². The van der Waals surface area contributed by atoms with Crippen molar-refractivity contribution < 1.29 is 8.42 Å². The van der Waals surface area contributed by atoms with Crippen molar-refractivity contribution in [1.82, 2.24) is 14.9 Å². The van der Waals surface area contributed by atoms with Crippen LogP contribution >= 0.6 is 46.7 Å². The third-order valence-corrected chi connectivity index (χ3v) is 8.26. The van der Waals surface area contributed by atoms with Crippen LogP contribution in [0.15, 0.2) is 38.8 Å². The van der Waals surface area contributed by atoms with Crippen LogP contribution in [0.5, 0.6) is 0 Å². The molecule has 0 bridgehead atoms. The molecule has 2 aromatic rings. The number of guanidine groups is 1. The molecule has 162 valence electrons. The molecule has 2 N–H and O–H groups in total. The minimum atomic E-state index is -3.45. The number of thiophene rings is 2. The Morgan fingerprint density at radius 3 is 2.55 bits per heavy atom. The van der Waals surface area contributed by atoms with Gasteiger partial charge in [0.25, 0.3) is 0 Å². The highest BCUT2D eigenvalue weighted by molar-refractivity contribution is 14.0. The molecule has 0 aromatic carbocycles. The molecule has 0 saturated carbocycles. The first kappa shape index (κ1) is 24.4. The number of nitrogens with one attached hydrogen (secondary N) is 2. The second-order valence-electron chi connectivity index (χ2n) is 6.42. The Morgan fingerprint density at radius 2 is 1.97 bits per heavy atom. The SMILES string of the molecule is CCNC(=NCCNS(=O)(=O)c1ccc(C)s1)N1CCN(c2cccs2)CC1.I. The number of aliphatic imine (C=N–C) groups is 1. The van der Waals surface area contributed by atoms with E-state index in [-0.39, 0.29) is 30.5 Å². The summed E-state index contributed by atoms with van der Waals surface area (Å²) in [6.45, 7) is 9.09. The summed E-state index contributed by atoms with van der Waals surface area (Å²) in [4.78, 5) is 10.2. The van der Waals surface area contributed by atoms with Crippen molar-refractivity contribution in [2.24, 2.45) is 4.99 Å². The van der Waals surface area contributed by atoms with Crippen LogP contribution in [0.4, 0.5) is 5.00 Å². The van der Waals surface area contributed by atoms with E-state index in [9.17, 15) is 8.42 Å². The molecule has 2 aromatic heterocycles. The highest BCUT2D eigenvalue weighted by Gasteiger charge is 2.20. The van der Waals surface area contributed by atoms with Gasteiger partial charge in [0, 0.05) is 44.1 Å². The Balaban J connectivity index is 0.00000300. The summed E-state index contributed by atoms with van der Waals surface area (Å²) >= 11 is 3.04. The second kappa shape index (κ2) is 11.5. The van der Waals surface area contributed by atoms with Gasteiger partial charge in [-0.25, -0.2) is 13.1 Å². The van der Waals surface area contributed by atoms with Gasteiger partial charge in [-0.3, -0.25) is 4.99 Å². The summed E-state index contributed by atoms with van der Waals surface area (Å²) in [6.07, 6.45) is 0. The maximum Gasteiger partial charge on any atom is 0.250 e. The molecule has 0 amide bonds. The van der Waals surface area contributed by atoms with Gasteiger partial charge in [-0.2, -0.15) is 0 Å². The van der Waals surface area contributed by atoms with E-state index in [1.807, 2.05) is 19.9 Å². The zero-order valence-electron chi connectivity index (χ0n) is 16.6. The van der Waals surface area contributed by atoms with Crippen LogP contribution in [0, 0.1) is 6.92 Å². The molecule has 1 aliphatic rings. The lowest BCUT2D eigenvalue weighted by Crippen LogP contribution is -2.52. The van der Waals surface area contributed by atoms with Gasteiger partial charge in [0.2, 0.25) is 10.0 Å². The maximum absolute atomic E-state index is 12.3. The molecule has 1 aliphatic heterocycles. The first-order valence-corrected chi connectivity index (χ1v) is 12.6. The Kier molecular flexibility index (Phi) is 9.66. The minimum absolute atomic E-state index is 0. The lowest BCUT2D eigenvalue weighted by Gasteiger charge is -2.37. The van der Waals surface area contributed by atoms with Crippen LogP contribution in [-0.4, -0.2) is 65.1 Å². The van der Waals surface area contributed by atoms with Gasteiger partial charge < -0.3 is 15.1 Å². The molecule has 3 rings (SSSR count). The summed E-state index contributed by atoms with van der Waals surface area (Å²) in [6, 6.07) is 7.69. The fraction of sp³-hybridized carbons (Fsp3) is 0.500. The van der Waals surface area contributed by atoms with Crippen molar-refractivity contribution in [1.29, 1.82) is 0 Å². The fourth-order valence-corrected chi connectivity index (χ4v) is 6.12. The Bertz CT molecular complexity index is 875. The van der Waals surface area contributed by atoms with Crippen molar-refractivity contribution >= 4 is 67.6 Å². The zero-order chi connectivity index (χ0) is 20.0. The van der Waals surface area contributed by atoms with Gasteiger partial charge in [0.1, 0.15) is 4.21 Å². The normalized spacial score (nSPS) is 15.3. The van der Waals surface area contributed by atoms with E-state index in [0.29, 0.717) is 10.8 Å². The van der Waals surface area contributed by atoms with Crippen molar-refractivity contribution in [3.8, 4) is 0 Å². The number of hydrogen-bond donors (Lipinski definition) is 2. The van der Waals surface area contributed by atoms with Crippen LogP contribution in [0.1, 0.15) is 11.8 Å². The number of aryl methyl sites for hydroxylation is 1. The molecule has 29 heavy (non-hydrogen) atoms. The number of hydrogen-bond acceptors (Lipinski definition) is 6. The third-order valence-electron chi connectivity index (χ3n) is 4.38. The van der Waals surface area contributed by atoms with Crippen molar-refractivity contribution in [2.45, 2.75) is 18.1 Å². The number of anilines is 1. The van der Waals surface area contributed by atoms with Crippen molar-refractivity contribution in [2.75, 3.05) is 50.7 Å². The molecule has 11 heteroatoms. The topological polar surface area (TPSA) is 77.0 Å². The molecule has 1 saturated heterocycles. The average Bonchev–Trinajstić information content (AvgIpc) is 3.36. The Morgan fingerprint density at radius 1 is 1.21 bits per heavy atom. The van der Waals surface area contributed by atoms with Gasteiger partial charge in [0.05, 0.1) is 11.5 Å². The van der Waals surface area contributed by atoms with Crippen LogP contribution in [0.2, 0.25) is 0 Å². The molecule has 1 fully saturated rings. The quantitative estimate of drug-likeness (QED) is 0.232. The monoisotopic (exact) mass is 569 g/mol. The lowest BCUT2D eigenvalue weighted by atomic mass is 10.3. The zero-order valence-corrected chi connectivity index (χ0v) is 21.4. The summed E-state index contributed by atoms with van der Waals surface area (Å²) in [7, 11) is -3.45. The lowest BCUT2D eigenvalue weighted by molar-refractivity contribution is 0.373. The Hall–Kier alpha value is -0.890. The number of halogens is 1. The predicted octanol–water partition coefficient (Wildman–Crippen LogP) is 2.80. The van der Waals surface area contributed by atoms with Gasteiger partial charge in [-0.05, 0) is 43.5 Å². The molecule has 0 atom stereocenters. The molecular weight excluding hydrogens is 541 g/mol. The molecule has 0 unspecified atom stereocenters. The van der Waals surface area contributed by atoms with E-state index in [1.54, 1.807) is 17.4 Å². The van der Waals surface area contributed by atoms with E-state index in [4.69, 9.17) is 0 Å². The highest BCUT2D eigenvalue weighted by Crippen LogP contribution is 2.22. The van der Waals surface area contributed by atoms with Crippen LogP contribution in [0.25, 0.3) is 0 Å². The smallest absolute Gasteiger partial charge is 0.250 e. The van der Waals surface area contributed by atoms with E-state index >= 15 is 0 Å². The number of sulfonamides is 1. The first-order valence-electron chi connectivity index (χ1n) is 9.37. The predicted molar refractivity (Wildman–Crippen MR) is 134 cm³/mol. The second-order valence-corrected chi connectivity index (χ2v) is 10.6. The largest absolute Gasteiger partial charge is 0.360 e. The molecule has 3 heterocycles. The molecule has 0 spiro atoms. The molecular formula is C18H28IN5O2S3. The number of nitrogens with zero attached hydrogens (tertiary/aromatic N) is 3. The summed E-state index contributed by atoms with van der Waals surface area (Å²) in [5.74, 6) is 0.847. The average molecular weight is 570 g/mol. The summed E-state index contributed by atoms with van der Waals surface area (Å²) in [5.41, 5.74) is 0. The molecule has 0 radical (unpaired) electrons. The maximum atomic E-state index is 12.3. The number of piperazine rings is 1. The van der Waals surface area contributed by atoms with Gasteiger partial charge in [0.15, 0.2) is 5.96 Å². The van der Waals surface area contributed by atoms with E-state index in [2.05, 4.69) is 42.3 Å². The first-order chi connectivity index (χ1) is 13.5. The van der Waals surface area contributed by atoms with Crippen LogP contribution in [-0.2, 0) is 10.0 Å². The molecule has 7 nitrogen and oxygen atoms in total. The summed E-state index contributed by atoms with van der Waals surface area (Å²) < 4.78 is 27.6. The van der Waals surface area contributed by atoms with Crippen LogP contribution in [0.3, 0.4) is 0 Å². The van der Waals surface area contributed by atoms with Gasteiger partial charge >= 0.3 is 0 Å². The minimum Gasteiger partial charge on any atom is -0.360 e. The standard InChI is InChI=1S/C18H27N5O2S3.HI/c1-3-19-18(23-12-10-22(11-13-23)16-5-4-14-26-16)20-8-9-21-28(24,25)17-7-6-15(2)27-17;/h4-7,14,21H,3,8-13H2,1-2H3,(H,19,20);1H. The number of rotatable bonds is 7. The Labute approximate surface area is 198 Å². The fourth-order valence-electron chi connectivity index (χ4n) is 2.98. The van der Waals surface area contributed by atoms with E-state index in [1.165, 1.54) is 16.3 Å². The summed E-state index contributed by atoms with van der Waals surface area (Å²) in [5, 5.41) is 6.73. The van der Waals surface area contributed by atoms with Gasteiger partial charge in [-0.15, -0.1) is 46.7 Å². The van der Waals surface area contributed by atoms with Crippen molar-refractivity contribution in [3.63, 3.8) is 0 Å². The van der Waals surface area contributed by atoms with Gasteiger partial charge in [-0.1, -0.05) is 0 Å². The van der Waals surface area contributed by atoms with E-state index in [0.717, 1.165) is 43.6 Å². The molecule has 0 aliphatic carbocycles. The van der Waals surface area contributed by atoms with Crippen LogP contribution < -0.4 is 14.9 Å². The van der Waals surface area contributed by atoms with E-state index < -0.39 is 10.0 Å².